The number of halogens is 1. The van der Waals surface area contributed by atoms with Gasteiger partial charge in [-0.25, -0.2) is 0 Å². The van der Waals surface area contributed by atoms with Crippen LogP contribution in [0, 0.1) is 24.3 Å². The van der Waals surface area contributed by atoms with Crippen LogP contribution in [0.15, 0.2) is 23.0 Å². The lowest BCUT2D eigenvalue weighted by molar-refractivity contribution is 0.288. The summed E-state index contributed by atoms with van der Waals surface area (Å²) in [5, 5.41) is 9.08. The standard InChI is InChI=1S/C17H20INO3/c1-10-7-11(2)9-13(8-10)22-16-14(5-4-6-20)12(3)19-17(21)15(16)18/h7-9,20H,4-6H2,1-3H3,(H,19,21). The van der Waals surface area contributed by atoms with E-state index in [9.17, 15) is 4.79 Å². The van der Waals surface area contributed by atoms with Crippen LogP contribution in [0.2, 0.25) is 0 Å². The largest absolute Gasteiger partial charge is 0.456 e. The van der Waals surface area contributed by atoms with Crippen LogP contribution in [0.4, 0.5) is 0 Å². The third kappa shape index (κ3) is 3.89. The molecule has 118 valence electrons. The summed E-state index contributed by atoms with van der Waals surface area (Å²) in [5.41, 5.74) is 3.81. The number of hydrogen-bond acceptors (Lipinski definition) is 3. The average molecular weight is 413 g/mol. The van der Waals surface area contributed by atoms with Crippen LogP contribution in [0.3, 0.4) is 0 Å². The maximum absolute atomic E-state index is 12.0. The van der Waals surface area contributed by atoms with E-state index in [4.69, 9.17) is 9.84 Å². The molecule has 0 unspecified atom stereocenters. The van der Waals surface area contributed by atoms with Crippen LogP contribution in [-0.4, -0.2) is 16.7 Å². The summed E-state index contributed by atoms with van der Waals surface area (Å²) in [6.07, 6.45) is 1.29. The first-order valence-corrected chi connectivity index (χ1v) is 8.28. The lowest BCUT2D eigenvalue weighted by Crippen LogP contribution is -2.15. The SMILES string of the molecule is Cc1cc(C)cc(Oc2c(CCCO)c(C)[nH]c(=O)c2I)c1. The van der Waals surface area contributed by atoms with Crippen molar-refractivity contribution in [1.82, 2.24) is 4.98 Å². The quantitative estimate of drug-likeness (QED) is 0.737. The van der Waals surface area contributed by atoms with Crippen LogP contribution < -0.4 is 10.3 Å². The summed E-state index contributed by atoms with van der Waals surface area (Å²) in [4.78, 5) is 14.9. The molecule has 0 aliphatic rings. The molecule has 0 aliphatic heterocycles. The summed E-state index contributed by atoms with van der Waals surface area (Å²) >= 11 is 2.01. The van der Waals surface area contributed by atoms with Gasteiger partial charge in [0.2, 0.25) is 0 Å². The van der Waals surface area contributed by atoms with Crippen molar-refractivity contribution in [2.24, 2.45) is 0 Å². The molecule has 0 bridgehead atoms. The normalized spacial score (nSPS) is 10.8. The van der Waals surface area contributed by atoms with E-state index in [-0.39, 0.29) is 12.2 Å². The van der Waals surface area contributed by atoms with Crippen LogP contribution in [0.25, 0.3) is 0 Å². The molecule has 1 heterocycles. The number of aliphatic hydroxyl groups is 1. The van der Waals surface area contributed by atoms with Gasteiger partial charge in [0.1, 0.15) is 9.32 Å². The summed E-state index contributed by atoms with van der Waals surface area (Å²) in [5.74, 6) is 1.32. The fourth-order valence-corrected chi connectivity index (χ4v) is 3.05. The van der Waals surface area contributed by atoms with Gasteiger partial charge < -0.3 is 14.8 Å². The molecule has 22 heavy (non-hydrogen) atoms. The highest BCUT2D eigenvalue weighted by Gasteiger charge is 2.16. The van der Waals surface area contributed by atoms with Gasteiger partial charge in [0.05, 0.1) is 0 Å². The van der Waals surface area contributed by atoms with Crippen LogP contribution in [-0.2, 0) is 6.42 Å². The molecule has 1 aromatic carbocycles. The zero-order valence-corrected chi connectivity index (χ0v) is 15.2. The first-order valence-electron chi connectivity index (χ1n) is 7.20. The Morgan fingerprint density at radius 1 is 1.18 bits per heavy atom. The van der Waals surface area contributed by atoms with E-state index in [1.54, 1.807) is 0 Å². The summed E-state index contributed by atoms with van der Waals surface area (Å²) < 4.78 is 6.59. The number of aryl methyl sites for hydroxylation is 3. The van der Waals surface area contributed by atoms with Gasteiger partial charge in [-0.15, -0.1) is 0 Å². The minimum absolute atomic E-state index is 0.109. The molecule has 0 saturated heterocycles. The van der Waals surface area contributed by atoms with E-state index in [0.717, 1.165) is 28.1 Å². The Balaban J connectivity index is 2.50. The number of ether oxygens (including phenoxy) is 1. The predicted molar refractivity (Wildman–Crippen MR) is 95.9 cm³/mol. The molecular weight excluding hydrogens is 393 g/mol. The smallest absolute Gasteiger partial charge is 0.265 e. The molecule has 0 fully saturated rings. The summed E-state index contributed by atoms with van der Waals surface area (Å²) in [6.45, 7) is 6.00. The van der Waals surface area contributed by atoms with Crippen molar-refractivity contribution in [3.8, 4) is 11.5 Å². The Labute approximate surface area is 143 Å². The first-order chi connectivity index (χ1) is 10.4. The van der Waals surface area contributed by atoms with Gasteiger partial charge in [0.15, 0.2) is 5.75 Å². The van der Waals surface area contributed by atoms with Crippen LogP contribution in [0.1, 0.15) is 28.8 Å². The maximum Gasteiger partial charge on any atom is 0.265 e. The molecule has 0 radical (unpaired) electrons. The molecule has 2 aromatic rings. The Bertz CT molecular complexity index is 717. The third-order valence-corrected chi connectivity index (χ3v) is 4.41. The highest BCUT2D eigenvalue weighted by Crippen LogP contribution is 2.31. The van der Waals surface area contributed by atoms with Crippen molar-refractivity contribution in [3.05, 3.63) is 54.5 Å². The second kappa shape index (κ2) is 7.28. The average Bonchev–Trinajstić information content (AvgIpc) is 2.43. The van der Waals surface area contributed by atoms with Crippen molar-refractivity contribution < 1.29 is 9.84 Å². The number of H-pyrrole nitrogens is 1. The molecule has 5 heteroatoms. The fourth-order valence-electron chi connectivity index (χ4n) is 2.48. The maximum atomic E-state index is 12.0. The topological polar surface area (TPSA) is 62.3 Å². The van der Waals surface area contributed by atoms with E-state index >= 15 is 0 Å². The van der Waals surface area contributed by atoms with Crippen molar-refractivity contribution in [3.63, 3.8) is 0 Å². The molecule has 0 spiro atoms. The second-order valence-corrected chi connectivity index (χ2v) is 6.53. The molecule has 0 saturated carbocycles. The lowest BCUT2D eigenvalue weighted by Gasteiger charge is -2.15. The zero-order chi connectivity index (χ0) is 16.3. The number of aromatic nitrogens is 1. The molecule has 1 aromatic heterocycles. The number of nitrogens with one attached hydrogen (secondary N) is 1. The van der Waals surface area contributed by atoms with Gasteiger partial charge in [-0.2, -0.15) is 0 Å². The number of benzene rings is 1. The van der Waals surface area contributed by atoms with E-state index in [2.05, 4.69) is 11.1 Å². The molecule has 0 aliphatic carbocycles. The minimum atomic E-state index is -0.148. The van der Waals surface area contributed by atoms with E-state index in [1.807, 2.05) is 55.5 Å². The lowest BCUT2D eigenvalue weighted by atomic mass is 10.1. The van der Waals surface area contributed by atoms with Gasteiger partial charge in [0, 0.05) is 17.9 Å². The highest BCUT2D eigenvalue weighted by molar-refractivity contribution is 14.1. The molecule has 0 atom stereocenters. The first kappa shape index (κ1) is 17.0. The van der Waals surface area contributed by atoms with Crippen molar-refractivity contribution in [2.75, 3.05) is 6.61 Å². The molecule has 2 N–H and O–H groups in total. The van der Waals surface area contributed by atoms with Crippen molar-refractivity contribution >= 4 is 22.6 Å². The molecular formula is C17H20INO3. The number of pyridine rings is 1. The number of aromatic amines is 1. The van der Waals surface area contributed by atoms with E-state index in [0.29, 0.717) is 22.2 Å². The summed E-state index contributed by atoms with van der Waals surface area (Å²) in [7, 11) is 0. The Kier molecular flexibility index (Phi) is 5.63. The van der Waals surface area contributed by atoms with Crippen molar-refractivity contribution in [1.29, 1.82) is 0 Å². The van der Waals surface area contributed by atoms with E-state index < -0.39 is 0 Å². The zero-order valence-electron chi connectivity index (χ0n) is 13.0. The Hall–Kier alpha value is -1.34. The van der Waals surface area contributed by atoms with Gasteiger partial charge in [-0.3, -0.25) is 4.79 Å². The number of aliphatic hydroxyl groups excluding tert-OH is 1. The minimum Gasteiger partial charge on any atom is -0.456 e. The summed E-state index contributed by atoms with van der Waals surface area (Å²) in [6, 6.07) is 5.98. The second-order valence-electron chi connectivity index (χ2n) is 5.45. The van der Waals surface area contributed by atoms with Crippen LogP contribution in [0.5, 0.6) is 11.5 Å². The molecule has 4 nitrogen and oxygen atoms in total. The van der Waals surface area contributed by atoms with Crippen molar-refractivity contribution in [2.45, 2.75) is 33.6 Å². The van der Waals surface area contributed by atoms with Gasteiger partial charge in [0.25, 0.3) is 5.56 Å². The van der Waals surface area contributed by atoms with E-state index in [1.165, 1.54) is 0 Å². The highest BCUT2D eigenvalue weighted by atomic mass is 127. The predicted octanol–water partition coefficient (Wildman–Crippen LogP) is 3.62. The number of hydrogen-bond donors (Lipinski definition) is 2. The van der Waals surface area contributed by atoms with Crippen LogP contribution >= 0.6 is 22.6 Å². The third-order valence-electron chi connectivity index (χ3n) is 3.43. The Morgan fingerprint density at radius 3 is 2.41 bits per heavy atom. The molecule has 2 rings (SSSR count). The number of rotatable bonds is 5. The van der Waals surface area contributed by atoms with Gasteiger partial charge in [-0.05, 0) is 79.5 Å². The molecule has 0 amide bonds. The Morgan fingerprint density at radius 2 is 1.82 bits per heavy atom. The monoisotopic (exact) mass is 413 g/mol. The van der Waals surface area contributed by atoms with Gasteiger partial charge >= 0.3 is 0 Å². The van der Waals surface area contributed by atoms with Gasteiger partial charge in [-0.1, -0.05) is 6.07 Å². The fraction of sp³-hybridized carbons (Fsp3) is 0.353.